The molecule has 1 heterocycles. The van der Waals surface area contributed by atoms with Gasteiger partial charge in [-0.15, -0.1) is 0 Å². The Morgan fingerprint density at radius 1 is 1.58 bits per heavy atom. The standard InChI is InChI=1S/C15H21NO3/c1-10(2)9-18-16-15(17)7-5-12-4-6-14(19-12)13-8-11(13)3/h4-7,10-11,13H,8-9H2,1-3H3,(H,16,17)/b7-5+. The molecule has 2 unspecified atom stereocenters. The zero-order valence-electron chi connectivity index (χ0n) is 11.7. The molecule has 1 aromatic heterocycles. The van der Waals surface area contributed by atoms with Gasteiger partial charge in [0, 0.05) is 12.0 Å². The van der Waals surface area contributed by atoms with Crippen molar-refractivity contribution in [3.63, 3.8) is 0 Å². The first kappa shape index (κ1) is 13.9. The Labute approximate surface area is 113 Å². The number of hydrogen-bond donors (Lipinski definition) is 1. The van der Waals surface area contributed by atoms with Crippen molar-refractivity contribution in [3.05, 3.63) is 29.7 Å². The second-order valence-corrected chi connectivity index (χ2v) is 5.56. The van der Waals surface area contributed by atoms with Crippen LogP contribution in [0.5, 0.6) is 0 Å². The first-order chi connectivity index (χ1) is 9.06. The molecule has 0 aliphatic heterocycles. The highest BCUT2D eigenvalue weighted by molar-refractivity contribution is 5.90. The van der Waals surface area contributed by atoms with Gasteiger partial charge in [0.25, 0.3) is 5.91 Å². The fourth-order valence-corrected chi connectivity index (χ4v) is 1.85. The zero-order chi connectivity index (χ0) is 13.8. The fraction of sp³-hybridized carbons (Fsp3) is 0.533. The molecule has 1 aliphatic rings. The maximum atomic E-state index is 11.4. The van der Waals surface area contributed by atoms with Crippen molar-refractivity contribution >= 4 is 12.0 Å². The lowest BCUT2D eigenvalue weighted by Crippen LogP contribution is -2.23. The summed E-state index contributed by atoms with van der Waals surface area (Å²) in [4.78, 5) is 16.5. The summed E-state index contributed by atoms with van der Waals surface area (Å²) >= 11 is 0. The van der Waals surface area contributed by atoms with Crippen LogP contribution in [0.15, 0.2) is 22.6 Å². The molecule has 4 heteroatoms. The summed E-state index contributed by atoms with van der Waals surface area (Å²) in [5, 5.41) is 0. The Bertz CT molecular complexity index is 462. The summed E-state index contributed by atoms with van der Waals surface area (Å²) in [5.41, 5.74) is 2.37. The predicted octanol–water partition coefficient (Wildman–Crippen LogP) is 3.12. The van der Waals surface area contributed by atoms with Crippen molar-refractivity contribution in [3.8, 4) is 0 Å². The van der Waals surface area contributed by atoms with Gasteiger partial charge in [0.1, 0.15) is 11.5 Å². The first-order valence-electron chi connectivity index (χ1n) is 6.76. The van der Waals surface area contributed by atoms with Crippen molar-refractivity contribution in [1.82, 2.24) is 5.48 Å². The quantitative estimate of drug-likeness (QED) is 0.633. The normalized spacial score (nSPS) is 22.1. The third-order valence-electron chi connectivity index (χ3n) is 3.11. The molecule has 2 atom stereocenters. The van der Waals surface area contributed by atoms with Crippen LogP contribution in [0.2, 0.25) is 0 Å². The monoisotopic (exact) mass is 263 g/mol. The van der Waals surface area contributed by atoms with Crippen LogP contribution in [0, 0.1) is 11.8 Å². The van der Waals surface area contributed by atoms with Crippen LogP contribution in [0.25, 0.3) is 6.08 Å². The van der Waals surface area contributed by atoms with E-state index in [0.717, 1.165) is 11.7 Å². The molecule has 1 aromatic rings. The Kier molecular flexibility index (Phi) is 4.43. The third kappa shape index (κ3) is 4.24. The summed E-state index contributed by atoms with van der Waals surface area (Å²) in [6, 6.07) is 3.88. The average Bonchev–Trinajstić information content (AvgIpc) is 2.90. The molecule has 0 saturated heterocycles. The predicted molar refractivity (Wildman–Crippen MR) is 73.2 cm³/mol. The maximum absolute atomic E-state index is 11.4. The molecule has 1 aliphatic carbocycles. The van der Waals surface area contributed by atoms with Gasteiger partial charge >= 0.3 is 0 Å². The molecule has 1 amide bonds. The van der Waals surface area contributed by atoms with Gasteiger partial charge in [0.2, 0.25) is 0 Å². The van der Waals surface area contributed by atoms with Gasteiger partial charge in [-0.3, -0.25) is 9.63 Å². The van der Waals surface area contributed by atoms with Crippen molar-refractivity contribution in [2.75, 3.05) is 6.61 Å². The summed E-state index contributed by atoms with van der Waals surface area (Å²) in [7, 11) is 0. The molecule has 104 valence electrons. The molecule has 2 rings (SSSR count). The van der Waals surface area contributed by atoms with Crippen LogP contribution in [-0.4, -0.2) is 12.5 Å². The molecule has 1 N–H and O–H groups in total. The van der Waals surface area contributed by atoms with E-state index in [-0.39, 0.29) is 5.91 Å². The molecule has 4 nitrogen and oxygen atoms in total. The first-order valence-corrected chi connectivity index (χ1v) is 6.76. The van der Waals surface area contributed by atoms with Gasteiger partial charge in [-0.1, -0.05) is 20.8 Å². The van der Waals surface area contributed by atoms with Crippen LogP contribution in [0.3, 0.4) is 0 Å². The van der Waals surface area contributed by atoms with E-state index in [4.69, 9.17) is 9.25 Å². The molecule has 1 fully saturated rings. The maximum Gasteiger partial charge on any atom is 0.267 e. The average molecular weight is 263 g/mol. The third-order valence-corrected chi connectivity index (χ3v) is 3.11. The number of hydrogen-bond acceptors (Lipinski definition) is 3. The van der Waals surface area contributed by atoms with Crippen molar-refractivity contribution in [2.24, 2.45) is 11.8 Å². The number of rotatable bonds is 6. The number of amides is 1. The molecule has 19 heavy (non-hydrogen) atoms. The topological polar surface area (TPSA) is 51.5 Å². The Morgan fingerprint density at radius 2 is 2.32 bits per heavy atom. The van der Waals surface area contributed by atoms with Crippen molar-refractivity contribution < 1.29 is 14.0 Å². The Morgan fingerprint density at radius 3 is 2.95 bits per heavy atom. The van der Waals surface area contributed by atoms with Gasteiger partial charge in [0.05, 0.1) is 6.61 Å². The Balaban J connectivity index is 1.78. The molecule has 0 bridgehead atoms. The van der Waals surface area contributed by atoms with E-state index < -0.39 is 0 Å². The molecule has 0 spiro atoms. The summed E-state index contributed by atoms with van der Waals surface area (Å²) in [6.45, 7) is 6.75. The smallest absolute Gasteiger partial charge is 0.267 e. The van der Waals surface area contributed by atoms with Crippen LogP contribution in [0.1, 0.15) is 44.6 Å². The highest BCUT2D eigenvalue weighted by atomic mass is 16.6. The van der Waals surface area contributed by atoms with E-state index >= 15 is 0 Å². The highest BCUT2D eigenvalue weighted by Crippen LogP contribution is 2.47. The summed E-state index contributed by atoms with van der Waals surface area (Å²) in [6.07, 6.45) is 4.27. The van der Waals surface area contributed by atoms with Crippen LogP contribution in [0.4, 0.5) is 0 Å². The largest absolute Gasteiger partial charge is 0.461 e. The van der Waals surface area contributed by atoms with E-state index in [2.05, 4.69) is 12.4 Å². The minimum Gasteiger partial charge on any atom is -0.461 e. The number of carbonyl (C=O) groups excluding carboxylic acids is 1. The summed E-state index contributed by atoms with van der Waals surface area (Å²) < 4.78 is 5.66. The van der Waals surface area contributed by atoms with E-state index in [1.807, 2.05) is 26.0 Å². The van der Waals surface area contributed by atoms with Gasteiger partial charge in [-0.25, -0.2) is 5.48 Å². The minimum atomic E-state index is -0.279. The minimum absolute atomic E-state index is 0.279. The Hall–Kier alpha value is -1.55. The number of hydroxylamine groups is 1. The lowest BCUT2D eigenvalue weighted by Gasteiger charge is -2.05. The van der Waals surface area contributed by atoms with Gasteiger partial charge in [-0.2, -0.15) is 0 Å². The molecular weight excluding hydrogens is 242 g/mol. The second-order valence-electron chi connectivity index (χ2n) is 5.56. The number of carbonyl (C=O) groups is 1. The molecular formula is C15H21NO3. The number of nitrogens with one attached hydrogen (secondary N) is 1. The van der Waals surface area contributed by atoms with Crippen molar-refractivity contribution in [1.29, 1.82) is 0 Å². The van der Waals surface area contributed by atoms with E-state index in [1.54, 1.807) is 6.08 Å². The SMILES string of the molecule is CC(C)CONC(=O)/C=C/c1ccc(C2CC2C)o1. The lowest BCUT2D eigenvalue weighted by molar-refractivity contribution is -0.129. The molecule has 0 aromatic carbocycles. The molecule has 1 saturated carbocycles. The summed E-state index contributed by atoms with van der Waals surface area (Å²) in [5.74, 6) is 3.11. The molecule has 0 radical (unpaired) electrons. The fourth-order valence-electron chi connectivity index (χ4n) is 1.85. The van der Waals surface area contributed by atoms with E-state index in [0.29, 0.717) is 24.2 Å². The van der Waals surface area contributed by atoms with Crippen molar-refractivity contribution in [2.45, 2.75) is 33.1 Å². The number of furan rings is 1. The zero-order valence-corrected chi connectivity index (χ0v) is 11.7. The van der Waals surface area contributed by atoms with Crippen LogP contribution >= 0.6 is 0 Å². The van der Waals surface area contributed by atoms with Gasteiger partial charge < -0.3 is 4.42 Å². The second kappa shape index (κ2) is 6.06. The van der Waals surface area contributed by atoms with E-state index in [9.17, 15) is 4.79 Å². The lowest BCUT2D eigenvalue weighted by atomic mass is 10.2. The highest BCUT2D eigenvalue weighted by Gasteiger charge is 2.36. The van der Waals surface area contributed by atoms with Crippen LogP contribution in [-0.2, 0) is 9.63 Å². The van der Waals surface area contributed by atoms with Gasteiger partial charge in [-0.05, 0) is 36.5 Å². The van der Waals surface area contributed by atoms with E-state index in [1.165, 1.54) is 12.5 Å². The van der Waals surface area contributed by atoms with Crippen LogP contribution < -0.4 is 5.48 Å². The van der Waals surface area contributed by atoms with Gasteiger partial charge in [0.15, 0.2) is 0 Å².